The summed E-state index contributed by atoms with van der Waals surface area (Å²) in [5.41, 5.74) is 5.18. The Bertz CT molecular complexity index is 1150. The Morgan fingerprint density at radius 3 is 2.37 bits per heavy atom. The summed E-state index contributed by atoms with van der Waals surface area (Å²) in [5, 5.41) is 9.07. The van der Waals surface area contributed by atoms with Crippen molar-refractivity contribution in [1.29, 1.82) is 5.26 Å². The second kappa shape index (κ2) is 6.85. The van der Waals surface area contributed by atoms with Crippen LogP contribution in [0.1, 0.15) is 5.56 Å². The molecule has 0 amide bonds. The first-order chi connectivity index (χ1) is 13.2. The van der Waals surface area contributed by atoms with Gasteiger partial charge in [0.2, 0.25) is 0 Å². The molecule has 0 unspecified atom stereocenters. The van der Waals surface area contributed by atoms with Gasteiger partial charge < -0.3 is 9.47 Å². The highest BCUT2D eigenvalue weighted by atomic mass is 16.5. The maximum Gasteiger partial charge on any atom is 0.130 e. The van der Waals surface area contributed by atoms with Crippen LogP contribution in [0.5, 0.6) is 11.5 Å². The molecule has 0 atom stereocenters. The lowest BCUT2D eigenvalue weighted by Gasteiger charge is -2.14. The van der Waals surface area contributed by atoms with Gasteiger partial charge in [-0.3, -0.25) is 4.57 Å². The summed E-state index contributed by atoms with van der Waals surface area (Å²) < 4.78 is 13.1. The van der Waals surface area contributed by atoms with Crippen LogP contribution in [-0.2, 0) is 0 Å². The van der Waals surface area contributed by atoms with Crippen LogP contribution in [0.4, 0.5) is 0 Å². The largest absolute Gasteiger partial charge is 0.496 e. The fourth-order valence-corrected chi connectivity index (χ4v) is 3.23. The number of nitriles is 1. The topological polar surface area (TPSA) is 60.1 Å². The van der Waals surface area contributed by atoms with Crippen molar-refractivity contribution < 1.29 is 9.47 Å². The summed E-state index contributed by atoms with van der Waals surface area (Å²) in [7, 11) is 3.30. The maximum absolute atomic E-state index is 9.07. The van der Waals surface area contributed by atoms with Gasteiger partial charge in [-0.15, -0.1) is 0 Å². The van der Waals surface area contributed by atoms with E-state index >= 15 is 0 Å². The normalized spacial score (nSPS) is 10.6. The molecule has 3 aromatic carbocycles. The molecule has 27 heavy (non-hydrogen) atoms. The lowest BCUT2D eigenvalue weighted by atomic mass is 10.0. The van der Waals surface area contributed by atoms with E-state index in [0.29, 0.717) is 5.56 Å². The molecule has 1 heterocycles. The number of hydrogen-bond acceptors (Lipinski definition) is 4. The first-order valence-electron chi connectivity index (χ1n) is 8.44. The molecular weight excluding hydrogens is 338 g/mol. The van der Waals surface area contributed by atoms with Crippen molar-refractivity contribution in [3.05, 3.63) is 72.6 Å². The molecule has 0 spiro atoms. The van der Waals surface area contributed by atoms with Gasteiger partial charge in [0.05, 0.1) is 42.4 Å². The fraction of sp³-hybridized carbons (Fsp3) is 0.0909. The van der Waals surface area contributed by atoms with E-state index in [0.717, 1.165) is 39.3 Å². The van der Waals surface area contributed by atoms with Crippen molar-refractivity contribution in [3.63, 3.8) is 0 Å². The molecule has 1 aromatic heterocycles. The van der Waals surface area contributed by atoms with Gasteiger partial charge in [0, 0.05) is 5.69 Å². The van der Waals surface area contributed by atoms with Crippen molar-refractivity contribution in [2.45, 2.75) is 0 Å². The van der Waals surface area contributed by atoms with Crippen LogP contribution in [0.2, 0.25) is 0 Å². The van der Waals surface area contributed by atoms with Gasteiger partial charge in [0.15, 0.2) is 0 Å². The number of ether oxygens (including phenoxy) is 2. The molecule has 0 fully saturated rings. The Morgan fingerprint density at radius 1 is 0.926 bits per heavy atom. The van der Waals surface area contributed by atoms with Crippen LogP contribution in [0.15, 0.2) is 67.0 Å². The average molecular weight is 355 g/mol. The van der Waals surface area contributed by atoms with Crippen molar-refractivity contribution in [1.82, 2.24) is 9.55 Å². The molecular formula is C22H17N3O2. The van der Waals surface area contributed by atoms with Gasteiger partial charge in [-0.25, -0.2) is 4.98 Å². The molecule has 0 aliphatic carbocycles. The Labute approximate surface area is 157 Å². The van der Waals surface area contributed by atoms with Gasteiger partial charge in [-0.2, -0.15) is 5.26 Å². The Morgan fingerprint density at radius 2 is 1.67 bits per heavy atom. The zero-order valence-electron chi connectivity index (χ0n) is 15.0. The predicted molar refractivity (Wildman–Crippen MR) is 104 cm³/mol. The van der Waals surface area contributed by atoms with Crippen LogP contribution in [0.3, 0.4) is 0 Å². The molecule has 0 saturated carbocycles. The maximum atomic E-state index is 9.07. The summed E-state index contributed by atoms with van der Waals surface area (Å²) in [5.74, 6) is 1.50. The molecule has 0 radical (unpaired) electrons. The van der Waals surface area contributed by atoms with E-state index in [-0.39, 0.29) is 0 Å². The lowest BCUT2D eigenvalue weighted by Crippen LogP contribution is -1.95. The van der Waals surface area contributed by atoms with Crippen LogP contribution >= 0.6 is 0 Å². The van der Waals surface area contributed by atoms with Crippen LogP contribution in [-0.4, -0.2) is 23.8 Å². The smallest absolute Gasteiger partial charge is 0.130 e. The first-order valence-corrected chi connectivity index (χ1v) is 8.44. The average Bonchev–Trinajstić information content (AvgIpc) is 3.16. The number of aromatic nitrogens is 2. The van der Waals surface area contributed by atoms with Gasteiger partial charge in [0.25, 0.3) is 0 Å². The molecule has 4 rings (SSSR count). The third-order valence-corrected chi connectivity index (χ3v) is 4.52. The summed E-state index contributed by atoms with van der Waals surface area (Å²) in [6.07, 6.45) is 1.77. The Kier molecular flexibility index (Phi) is 4.23. The zero-order valence-corrected chi connectivity index (χ0v) is 15.0. The number of imidazole rings is 1. The number of nitrogens with zero attached hydrogens (tertiary/aromatic N) is 3. The molecule has 132 valence electrons. The van der Waals surface area contributed by atoms with Gasteiger partial charge in [-0.05, 0) is 48.0 Å². The van der Waals surface area contributed by atoms with Gasteiger partial charge in [0.1, 0.15) is 17.8 Å². The molecule has 0 aliphatic rings. The van der Waals surface area contributed by atoms with Crippen molar-refractivity contribution in [2.24, 2.45) is 0 Å². The van der Waals surface area contributed by atoms with Crippen molar-refractivity contribution in [3.8, 4) is 34.4 Å². The standard InChI is InChI=1S/C22H17N3O2/c1-26-20-7-4-8-21(27-2)22(20)16-5-3-6-17(12-16)25-14-24-18-11-15(13-23)9-10-19(18)25/h3-12,14H,1-2H3. The quantitative estimate of drug-likeness (QED) is 0.537. The SMILES string of the molecule is COc1cccc(OC)c1-c1cccc(-n2cnc3cc(C#N)ccc32)c1. The lowest BCUT2D eigenvalue weighted by molar-refractivity contribution is 0.397. The summed E-state index contributed by atoms with van der Waals surface area (Å²) in [6.45, 7) is 0. The van der Waals surface area contributed by atoms with E-state index in [9.17, 15) is 0 Å². The summed E-state index contributed by atoms with van der Waals surface area (Å²) >= 11 is 0. The van der Waals surface area contributed by atoms with E-state index < -0.39 is 0 Å². The van der Waals surface area contributed by atoms with Crippen LogP contribution in [0, 0.1) is 11.3 Å². The van der Waals surface area contributed by atoms with E-state index in [1.807, 2.05) is 47.0 Å². The second-order valence-corrected chi connectivity index (χ2v) is 6.02. The highest BCUT2D eigenvalue weighted by molar-refractivity contribution is 5.81. The van der Waals surface area contributed by atoms with Gasteiger partial charge >= 0.3 is 0 Å². The molecule has 0 N–H and O–H groups in total. The monoisotopic (exact) mass is 355 g/mol. The van der Waals surface area contributed by atoms with Crippen molar-refractivity contribution in [2.75, 3.05) is 14.2 Å². The Balaban J connectivity index is 1.87. The van der Waals surface area contributed by atoms with E-state index in [4.69, 9.17) is 14.7 Å². The summed E-state index contributed by atoms with van der Waals surface area (Å²) in [4.78, 5) is 4.44. The van der Waals surface area contributed by atoms with Crippen LogP contribution < -0.4 is 9.47 Å². The fourth-order valence-electron chi connectivity index (χ4n) is 3.23. The minimum atomic E-state index is 0.597. The molecule has 5 nitrogen and oxygen atoms in total. The third-order valence-electron chi connectivity index (χ3n) is 4.52. The molecule has 4 aromatic rings. The summed E-state index contributed by atoms with van der Waals surface area (Å²) in [6, 6.07) is 21.5. The third kappa shape index (κ3) is 2.87. The van der Waals surface area contributed by atoms with E-state index in [1.54, 1.807) is 32.7 Å². The van der Waals surface area contributed by atoms with Crippen LogP contribution in [0.25, 0.3) is 27.8 Å². The molecule has 5 heteroatoms. The minimum absolute atomic E-state index is 0.597. The molecule has 0 aliphatic heterocycles. The van der Waals surface area contributed by atoms with Crippen molar-refractivity contribution >= 4 is 11.0 Å². The number of benzene rings is 3. The van der Waals surface area contributed by atoms with Gasteiger partial charge in [-0.1, -0.05) is 18.2 Å². The minimum Gasteiger partial charge on any atom is -0.496 e. The highest BCUT2D eigenvalue weighted by Gasteiger charge is 2.14. The molecule has 0 bridgehead atoms. The number of rotatable bonds is 4. The second-order valence-electron chi connectivity index (χ2n) is 6.02. The Hall–Kier alpha value is -3.78. The van der Waals surface area contributed by atoms with E-state index in [1.165, 1.54) is 0 Å². The predicted octanol–water partition coefficient (Wildman–Crippen LogP) is 4.58. The highest BCUT2D eigenvalue weighted by Crippen LogP contribution is 2.39. The zero-order chi connectivity index (χ0) is 18.8. The van der Waals surface area contributed by atoms with E-state index in [2.05, 4.69) is 17.1 Å². The first kappa shape index (κ1) is 16.7. The molecule has 0 saturated heterocycles. The number of hydrogen-bond donors (Lipinski definition) is 0. The number of methoxy groups -OCH3 is 2. The number of fused-ring (bicyclic) bond motifs is 1.